The van der Waals surface area contributed by atoms with Crippen LogP contribution in [-0.4, -0.2) is 44.4 Å². The van der Waals surface area contributed by atoms with Crippen molar-refractivity contribution in [2.75, 3.05) is 17.1 Å². The number of ether oxygens (including phenoxy) is 1. The van der Waals surface area contributed by atoms with Crippen molar-refractivity contribution < 1.29 is 36.8 Å². The lowest BCUT2D eigenvalue weighted by atomic mass is 10.1. The molecule has 1 atom stereocenters. The Labute approximate surface area is 229 Å². The molecule has 1 aliphatic carbocycles. The van der Waals surface area contributed by atoms with Crippen LogP contribution in [0.15, 0.2) is 41.4 Å². The molecular formula is C25H27F3N4O5S2. The highest BCUT2D eigenvalue weighted by Gasteiger charge is 2.38. The molecular weight excluding hydrogens is 557 g/mol. The number of amides is 1. The number of carboxylic acids is 1. The first-order valence-corrected chi connectivity index (χ1v) is 13.7. The first kappa shape index (κ1) is 30.0. The van der Waals surface area contributed by atoms with Crippen molar-refractivity contribution in [2.45, 2.75) is 50.6 Å². The standard InChI is InChI=1S/C23H26N4O3S2.C2HF3O2/c1-14-18(9-6-12-24-14)27-32(29)20-13-17(10-11-19(20)30-3)21-15(2)25-23(31-21)26-22(28)16-7-4-5-8-16;3-2(4,5)1(6)7/h6,9-13,16,27H,4-5,7-8H2,1-3H3,(H,25,26,28);(H,6,7). The molecule has 2 aromatic heterocycles. The summed E-state index contributed by atoms with van der Waals surface area (Å²) in [6.07, 6.45) is 0.720. The summed E-state index contributed by atoms with van der Waals surface area (Å²) in [5, 5.41) is 10.7. The highest BCUT2D eigenvalue weighted by atomic mass is 32.2. The van der Waals surface area contributed by atoms with Crippen LogP contribution in [0.3, 0.4) is 0 Å². The molecule has 210 valence electrons. The molecule has 0 spiro atoms. The van der Waals surface area contributed by atoms with E-state index in [-0.39, 0.29) is 11.8 Å². The summed E-state index contributed by atoms with van der Waals surface area (Å²) >= 11 is 1.43. The van der Waals surface area contributed by atoms with E-state index in [0.29, 0.717) is 21.5 Å². The van der Waals surface area contributed by atoms with E-state index in [4.69, 9.17) is 14.6 Å². The number of hydrogen-bond donors (Lipinski definition) is 3. The third kappa shape index (κ3) is 7.99. The van der Waals surface area contributed by atoms with E-state index in [1.807, 2.05) is 32.0 Å². The second kappa shape index (κ2) is 13.0. The van der Waals surface area contributed by atoms with Gasteiger partial charge in [-0.3, -0.25) is 14.5 Å². The van der Waals surface area contributed by atoms with Crippen LogP contribution in [0.25, 0.3) is 10.4 Å². The zero-order valence-electron chi connectivity index (χ0n) is 21.3. The van der Waals surface area contributed by atoms with Crippen LogP contribution in [-0.2, 0) is 20.6 Å². The Balaban J connectivity index is 0.000000532. The van der Waals surface area contributed by atoms with Gasteiger partial charge in [0.15, 0.2) is 16.1 Å². The number of carbonyl (C=O) groups is 2. The number of rotatable bonds is 7. The number of carboxylic acid groups (broad SMARTS) is 1. The molecule has 0 radical (unpaired) electrons. The van der Waals surface area contributed by atoms with Crippen LogP contribution in [0.4, 0.5) is 24.0 Å². The van der Waals surface area contributed by atoms with Gasteiger partial charge in [-0.2, -0.15) is 13.2 Å². The molecule has 1 aliphatic rings. The number of methoxy groups -OCH3 is 1. The van der Waals surface area contributed by atoms with Gasteiger partial charge in [-0.05, 0) is 62.6 Å². The monoisotopic (exact) mass is 584 g/mol. The number of halogens is 3. The number of hydrogen-bond acceptors (Lipinski definition) is 7. The van der Waals surface area contributed by atoms with E-state index in [1.165, 1.54) is 11.3 Å². The Hall–Kier alpha value is -3.52. The van der Waals surface area contributed by atoms with Crippen molar-refractivity contribution in [2.24, 2.45) is 5.92 Å². The topological polar surface area (TPSA) is 131 Å². The number of benzene rings is 1. The van der Waals surface area contributed by atoms with Crippen LogP contribution in [0.1, 0.15) is 37.1 Å². The lowest BCUT2D eigenvalue weighted by Gasteiger charge is -2.12. The molecule has 1 amide bonds. The van der Waals surface area contributed by atoms with Crippen LogP contribution >= 0.6 is 11.3 Å². The Kier molecular flexibility index (Phi) is 10.0. The summed E-state index contributed by atoms with van der Waals surface area (Å²) in [5.74, 6) is -2.10. The van der Waals surface area contributed by atoms with Crippen LogP contribution in [0.2, 0.25) is 0 Å². The van der Waals surface area contributed by atoms with E-state index in [2.05, 4.69) is 20.0 Å². The Bertz CT molecular complexity index is 1360. The zero-order valence-corrected chi connectivity index (χ0v) is 22.9. The second-order valence-corrected chi connectivity index (χ2v) is 10.8. The maximum Gasteiger partial charge on any atom is 0.490 e. The van der Waals surface area contributed by atoms with Crippen LogP contribution < -0.4 is 14.8 Å². The van der Waals surface area contributed by atoms with Gasteiger partial charge in [0.1, 0.15) is 10.6 Å². The first-order chi connectivity index (χ1) is 18.4. The molecule has 39 heavy (non-hydrogen) atoms. The number of nitrogens with one attached hydrogen (secondary N) is 2. The Morgan fingerprint density at radius 2 is 1.82 bits per heavy atom. The Morgan fingerprint density at radius 1 is 1.15 bits per heavy atom. The van der Waals surface area contributed by atoms with Gasteiger partial charge < -0.3 is 15.2 Å². The van der Waals surface area contributed by atoms with Crippen molar-refractivity contribution in [3.8, 4) is 16.2 Å². The molecule has 14 heteroatoms. The van der Waals surface area contributed by atoms with Crippen molar-refractivity contribution in [3.63, 3.8) is 0 Å². The number of aliphatic carboxylic acids is 1. The predicted octanol–water partition coefficient (Wildman–Crippen LogP) is 5.73. The number of aromatic nitrogens is 2. The molecule has 0 aliphatic heterocycles. The number of thiazole rings is 1. The second-order valence-electron chi connectivity index (χ2n) is 8.58. The summed E-state index contributed by atoms with van der Waals surface area (Å²) < 4.78 is 53.3. The van der Waals surface area contributed by atoms with Gasteiger partial charge in [0, 0.05) is 12.1 Å². The molecule has 0 saturated heterocycles. The molecule has 9 nitrogen and oxygen atoms in total. The normalized spacial score (nSPS) is 14.2. The zero-order chi connectivity index (χ0) is 28.7. The molecule has 1 saturated carbocycles. The molecule has 1 unspecified atom stereocenters. The maximum absolute atomic E-state index is 13.1. The van der Waals surface area contributed by atoms with Crippen LogP contribution in [0.5, 0.6) is 5.75 Å². The van der Waals surface area contributed by atoms with Gasteiger partial charge in [-0.1, -0.05) is 24.2 Å². The number of nitrogens with zero attached hydrogens (tertiary/aromatic N) is 2. The maximum atomic E-state index is 13.1. The van der Waals surface area contributed by atoms with Gasteiger partial charge in [0.25, 0.3) is 0 Å². The van der Waals surface area contributed by atoms with Crippen LogP contribution in [0, 0.1) is 19.8 Å². The predicted molar refractivity (Wildman–Crippen MR) is 142 cm³/mol. The number of anilines is 2. The summed E-state index contributed by atoms with van der Waals surface area (Å²) in [7, 11) is 0.00382. The lowest BCUT2D eigenvalue weighted by molar-refractivity contribution is -0.192. The number of aryl methyl sites for hydroxylation is 2. The van der Waals surface area contributed by atoms with E-state index >= 15 is 0 Å². The quantitative estimate of drug-likeness (QED) is 0.323. The van der Waals surface area contributed by atoms with E-state index < -0.39 is 23.1 Å². The fourth-order valence-electron chi connectivity index (χ4n) is 3.82. The van der Waals surface area contributed by atoms with E-state index in [1.54, 1.807) is 25.4 Å². The van der Waals surface area contributed by atoms with E-state index in [9.17, 15) is 22.2 Å². The van der Waals surface area contributed by atoms with E-state index in [0.717, 1.165) is 47.5 Å². The molecule has 4 rings (SSSR count). The van der Waals surface area contributed by atoms with Gasteiger partial charge in [-0.15, -0.1) is 0 Å². The van der Waals surface area contributed by atoms with Gasteiger partial charge in [0.05, 0.1) is 29.1 Å². The SMILES string of the molecule is COc1ccc(-c2sc(NC(=O)C3CCCC3)nc2C)cc1S(=O)Nc1cccnc1C.O=C(O)C(F)(F)F. The lowest BCUT2D eigenvalue weighted by Crippen LogP contribution is -2.21. The average molecular weight is 585 g/mol. The molecule has 2 heterocycles. The fourth-order valence-corrected chi connectivity index (χ4v) is 5.88. The van der Waals surface area contributed by atoms with Gasteiger partial charge in [0.2, 0.25) is 5.91 Å². The smallest absolute Gasteiger partial charge is 0.490 e. The van der Waals surface area contributed by atoms with Crippen molar-refractivity contribution in [3.05, 3.63) is 47.9 Å². The average Bonchev–Trinajstić information content (AvgIpc) is 3.55. The highest BCUT2D eigenvalue weighted by molar-refractivity contribution is 7.86. The third-order valence-electron chi connectivity index (χ3n) is 5.83. The minimum Gasteiger partial charge on any atom is -0.495 e. The number of carbonyl (C=O) groups excluding carboxylic acids is 1. The number of alkyl halides is 3. The summed E-state index contributed by atoms with van der Waals surface area (Å²) in [6, 6.07) is 9.19. The molecule has 0 bridgehead atoms. The minimum absolute atomic E-state index is 0.0513. The summed E-state index contributed by atoms with van der Waals surface area (Å²) in [5.41, 5.74) is 3.14. The summed E-state index contributed by atoms with van der Waals surface area (Å²) in [6.45, 7) is 3.77. The molecule has 1 aromatic carbocycles. The molecule has 3 N–H and O–H groups in total. The highest BCUT2D eigenvalue weighted by Crippen LogP contribution is 2.37. The van der Waals surface area contributed by atoms with Gasteiger partial charge in [-0.25, -0.2) is 14.0 Å². The van der Waals surface area contributed by atoms with Gasteiger partial charge >= 0.3 is 12.1 Å². The fraction of sp³-hybridized carbons (Fsp3) is 0.360. The summed E-state index contributed by atoms with van der Waals surface area (Å²) in [4.78, 5) is 31.6. The Morgan fingerprint density at radius 3 is 2.41 bits per heavy atom. The largest absolute Gasteiger partial charge is 0.495 e. The number of pyridine rings is 1. The van der Waals surface area contributed by atoms with Crippen molar-refractivity contribution >= 4 is 45.0 Å². The molecule has 3 aromatic rings. The first-order valence-electron chi connectivity index (χ1n) is 11.8. The third-order valence-corrected chi connectivity index (χ3v) is 8.08. The van der Waals surface area contributed by atoms with Crippen molar-refractivity contribution in [1.29, 1.82) is 0 Å². The minimum atomic E-state index is -5.08. The molecule has 1 fully saturated rings. The van der Waals surface area contributed by atoms with Crippen molar-refractivity contribution in [1.82, 2.24) is 9.97 Å².